The molecule has 0 unspecified atom stereocenters. The molecule has 1 aromatic heterocycles. The van der Waals surface area contributed by atoms with Gasteiger partial charge in [-0.15, -0.1) is 10.2 Å². The van der Waals surface area contributed by atoms with Crippen LogP contribution in [0.5, 0.6) is 0 Å². The highest BCUT2D eigenvalue weighted by molar-refractivity contribution is 8.00. The van der Waals surface area contributed by atoms with Crippen molar-refractivity contribution >= 4 is 17.7 Å². The standard InChI is InChI=1S/C24H26N4OS/c1-16(23(29)25-21-13-7-9-17-8-5-6-12-20(17)21)30-24-27-26-22(18-14-15-18)28(24)19-10-3-2-4-11-19/h2-6,8,10-12,16,18,21H,7,9,13-15H2,1H3,(H,25,29)/t16-,21+/m1/s1. The molecule has 0 aliphatic heterocycles. The summed E-state index contributed by atoms with van der Waals surface area (Å²) in [6, 6.07) is 18.8. The van der Waals surface area contributed by atoms with Crippen molar-refractivity contribution in [2.75, 3.05) is 0 Å². The summed E-state index contributed by atoms with van der Waals surface area (Å²) in [5, 5.41) is 12.7. The van der Waals surface area contributed by atoms with E-state index < -0.39 is 0 Å². The number of thioether (sulfide) groups is 1. The maximum Gasteiger partial charge on any atom is 0.233 e. The Morgan fingerprint density at radius 1 is 1.07 bits per heavy atom. The average Bonchev–Trinajstić information content (AvgIpc) is 3.55. The zero-order valence-corrected chi connectivity index (χ0v) is 17.9. The lowest BCUT2D eigenvalue weighted by Gasteiger charge is -2.27. The second-order valence-corrected chi connectivity index (χ2v) is 9.51. The molecule has 1 heterocycles. The van der Waals surface area contributed by atoms with Gasteiger partial charge in [0.05, 0.1) is 11.3 Å². The Morgan fingerprint density at radius 2 is 1.83 bits per heavy atom. The molecule has 5 rings (SSSR count). The number of nitrogens with zero attached hydrogens (tertiary/aromatic N) is 3. The minimum absolute atomic E-state index is 0.0530. The van der Waals surface area contributed by atoms with Crippen molar-refractivity contribution in [1.29, 1.82) is 0 Å². The third-order valence-electron chi connectivity index (χ3n) is 5.95. The van der Waals surface area contributed by atoms with Crippen LogP contribution >= 0.6 is 11.8 Å². The van der Waals surface area contributed by atoms with E-state index in [2.05, 4.69) is 56.5 Å². The highest BCUT2D eigenvalue weighted by atomic mass is 32.2. The van der Waals surface area contributed by atoms with E-state index in [9.17, 15) is 4.79 Å². The molecule has 3 aromatic rings. The van der Waals surface area contributed by atoms with Crippen LogP contribution in [0.2, 0.25) is 0 Å². The maximum absolute atomic E-state index is 13.0. The van der Waals surface area contributed by atoms with E-state index in [1.807, 2.05) is 25.1 Å². The number of aromatic nitrogens is 3. The predicted molar refractivity (Wildman–Crippen MR) is 119 cm³/mol. The molecule has 30 heavy (non-hydrogen) atoms. The third kappa shape index (κ3) is 3.88. The van der Waals surface area contributed by atoms with Crippen molar-refractivity contribution in [2.24, 2.45) is 0 Å². The number of aryl methyl sites for hydroxylation is 1. The summed E-state index contributed by atoms with van der Waals surface area (Å²) in [6.07, 6.45) is 5.51. The lowest BCUT2D eigenvalue weighted by Crippen LogP contribution is -2.36. The van der Waals surface area contributed by atoms with E-state index in [0.29, 0.717) is 5.92 Å². The number of nitrogens with one attached hydrogen (secondary N) is 1. The topological polar surface area (TPSA) is 59.8 Å². The molecule has 154 valence electrons. The molecule has 1 fully saturated rings. The smallest absolute Gasteiger partial charge is 0.233 e. The first-order valence-electron chi connectivity index (χ1n) is 10.8. The molecular formula is C24H26N4OS. The molecule has 1 saturated carbocycles. The van der Waals surface area contributed by atoms with Gasteiger partial charge < -0.3 is 5.32 Å². The van der Waals surface area contributed by atoms with Gasteiger partial charge in [-0.2, -0.15) is 0 Å². The number of hydrogen-bond donors (Lipinski definition) is 1. The normalized spacial score (nSPS) is 19.2. The molecule has 0 spiro atoms. The van der Waals surface area contributed by atoms with Gasteiger partial charge in [-0.3, -0.25) is 9.36 Å². The summed E-state index contributed by atoms with van der Waals surface area (Å²) >= 11 is 1.49. The van der Waals surface area contributed by atoms with E-state index in [1.54, 1.807) is 0 Å². The molecule has 5 nitrogen and oxygen atoms in total. The second kappa shape index (κ2) is 8.26. The Bertz CT molecular complexity index is 1040. The maximum atomic E-state index is 13.0. The Balaban J connectivity index is 1.34. The zero-order chi connectivity index (χ0) is 20.5. The average molecular weight is 419 g/mol. The van der Waals surface area contributed by atoms with Gasteiger partial charge in [0.2, 0.25) is 5.91 Å². The van der Waals surface area contributed by atoms with E-state index in [-0.39, 0.29) is 17.2 Å². The minimum Gasteiger partial charge on any atom is -0.348 e. The number of hydrogen-bond acceptors (Lipinski definition) is 4. The van der Waals surface area contributed by atoms with Gasteiger partial charge in [-0.1, -0.05) is 54.2 Å². The van der Waals surface area contributed by atoms with Gasteiger partial charge in [-0.05, 0) is 62.3 Å². The molecule has 1 N–H and O–H groups in total. The van der Waals surface area contributed by atoms with Crippen LogP contribution < -0.4 is 5.32 Å². The number of fused-ring (bicyclic) bond motifs is 1. The van der Waals surface area contributed by atoms with Crippen molar-refractivity contribution < 1.29 is 4.79 Å². The van der Waals surface area contributed by atoms with E-state index in [0.717, 1.165) is 48.8 Å². The number of amides is 1. The van der Waals surface area contributed by atoms with Crippen LogP contribution in [-0.2, 0) is 11.2 Å². The van der Waals surface area contributed by atoms with Crippen LogP contribution in [0.15, 0.2) is 59.8 Å². The highest BCUT2D eigenvalue weighted by Gasteiger charge is 2.32. The molecule has 2 aliphatic carbocycles. The van der Waals surface area contributed by atoms with Crippen LogP contribution in [0, 0.1) is 0 Å². The van der Waals surface area contributed by atoms with Gasteiger partial charge in [0, 0.05) is 11.6 Å². The van der Waals surface area contributed by atoms with E-state index in [4.69, 9.17) is 0 Å². The van der Waals surface area contributed by atoms with Crippen LogP contribution in [0.25, 0.3) is 5.69 Å². The number of carbonyl (C=O) groups is 1. The molecule has 2 aromatic carbocycles. The molecule has 0 bridgehead atoms. The molecule has 6 heteroatoms. The quantitative estimate of drug-likeness (QED) is 0.583. The SMILES string of the molecule is C[C@@H](Sc1nnc(C2CC2)n1-c1ccccc1)C(=O)N[C@H]1CCCc2ccccc21. The number of carbonyl (C=O) groups excluding carboxylic acids is 1. The fourth-order valence-corrected chi connectivity index (χ4v) is 5.07. The molecule has 0 radical (unpaired) electrons. The van der Waals surface area contributed by atoms with Gasteiger partial charge >= 0.3 is 0 Å². The Morgan fingerprint density at radius 3 is 2.63 bits per heavy atom. The van der Waals surface area contributed by atoms with Gasteiger partial charge in [0.15, 0.2) is 5.16 Å². The minimum atomic E-state index is -0.252. The lowest BCUT2D eigenvalue weighted by molar-refractivity contribution is -0.121. The number of para-hydroxylation sites is 1. The Kier molecular flexibility index (Phi) is 5.34. The fourth-order valence-electron chi connectivity index (χ4n) is 4.19. The second-order valence-electron chi connectivity index (χ2n) is 8.20. The number of benzene rings is 2. The van der Waals surface area contributed by atoms with Gasteiger partial charge in [-0.25, -0.2) is 0 Å². The molecule has 0 saturated heterocycles. The van der Waals surface area contributed by atoms with Gasteiger partial charge in [0.1, 0.15) is 5.82 Å². The summed E-state index contributed by atoms with van der Waals surface area (Å²) in [6.45, 7) is 1.95. The molecule has 2 aliphatic rings. The van der Waals surface area contributed by atoms with Crippen molar-refractivity contribution in [1.82, 2.24) is 20.1 Å². The van der Waals surface area contributed by atoms with Crippen LogP contribution in [-0.4, -0.2) is 25.9 Å². The summed E-state index contributed by atoms with van der Waals surface area (Å²) in [7, 11) is 0. The van der Waals surface area contributed by atoms with Crippen molar-refractivity contribution in [3.8, 4) is 5.69 Å². The van der Waals surface area contributed by atoms with Crippen molar-refractivity contribution in [2.45, 2.75) is 61.4 Å². The monoisotopic (exact) mass is 418 g/mol. The predicted octanol–water partition coefficient (Wildman–Crippen LogP) is 4.82. The number of rotatable bonds is 6. The Labute approximate surface area is 181 Å². The zero-order valence-electron chi connectivity index (χ0n) is 17.1. The Hall–Kier alpha value is -2.60. The largest absolute Gasteiger partial charge is 0.348 e. The van der Waals surface area contributed by atoms with E-state index >= 15 is 0 Å². The first-order valence-corrected chi connectivity index (χ1v) is 11.6. The van der Waals surface area contributed by atoms with Crippen molar-refractivity contribution in [3.63, 3.8) is 0 Å². The van der Waals surface area contributed by atoms with Crippen LogP contribution in [0.4, 0.5) is 0 Å². The first kappa shape index (κ1) is 19.4. The van der Waals surface area contributed by atoms with E-state index in [1.165, 1.54) is 22.9 Å². The molecule has 1 amide bonds. The van der Waals surface area contributed by atoms with Crippen molar-refractivity contribution in [3.05, 3.63) is 71.5 Å². The lowest BCUT2D eigenvalue weighted by atomic mass is 9.88. The van der Waals surface area contributed by atoms with Gasteiger partial charge in [0.25, 0.3) is 0 Å². The summed E-state index contributed by atoms with van der Waals surface area (Å²) in [4.78, 5) is 13.0. The summed E-state index contributed by atoms with van der Waals surface area (Å²) in [5.41, 5.74) is 3.67. The summed E-state index contributed by atoms with van der Waals surface area (Å²) in [5.74, 6) is 1.55. The fraction of sp³-hybridized carbons (Fsp3) is 0.375. The molecule has 2 atom stereocenters. The molecular weight excluding hydrogens is 392 g/mol. The third-order valence-corrected chi connectivity index (χ3v) is 7.00. The first-order chi connectivity index (χ1) is 14.7. The summed E-state index contributed by atoms with van der Waals surface area (Å²) < 4.78 is 2.13. The van der Waals surface area contributed by atoms with Crippen LogP contribution in [0.1, 0.15) is 61.5 Å². The highest BCUT2D eigenvalue weighted by Crippen LogP contribution is 2.41. The van der Waals surface area contributed by atoms with Crippen LogP contribution in [0.3, 0.4) is 0 Å².